The lowest BCUT2D eigenvalue weighted by atomic mass is 9.84. The third-order valence-corrected chi connectivity index (χ3v) is 4.95. The molecule has 3 fully saturated rings. The molecule has 1 aromatic carbocycles. The smallest absolute Gasteiger partial charge is 0.123 e. The quantitative estimate of drug-likeness (QED) is 0.921. The number of hydrogen-bond acceptors (Lipinski definition) is 3. The number of nitrogens with zero attached hydrogens (tertiary/aromatic N) is 1. The van der Waals surface area contributed by atoms with Crippen molar-refractivity contribution in [3.8, 4) is 5.75 Å². The summed E-state index contributed by atoms with van der Waals surface area (Å²) in [6.45, 7) is 4.69. The van der Waals surface area contributed by atoms with Gasteiger partial charge in [0, 0.05) is 29.2 Å². The molecule has 3 saturated heterocycles. The van der Waals surface area contributed by atoms with Crippen molar-refractivity contribution in [2.75, 3.05) is 26.7 Å². The Labute approximate surface area is 123 Å². The average molecular weight is 325 g/mol. The summed E-state index contributed by atoms with van der Waals surface area (Å²) in [5, 5.41) is 3.73. The molecule has 0 aliphatic carbocycles. The van der Waals surface area contributed by atoms with Gasteiger partial charge < -0.3 is 15.0 Å². The zero-order chi connectivity index (χ0) is 13.2. The van der Waals surface area contributed by atoms with E-state index in [-0.39, 0.29) is 0 Å². The Hall–Kier alpha value is -0.580. The molecule has 3 aliphatic rings. The number of nitrogens with one attached hydrogen (secondary N) is 1. The minimum atomic E-state index is 0.645. The molecule has 0 aromatic heterocycles. The molecular weight excluding hydrogens is 304 g/mol. The Morgan fingerprint density at radius 2 is 2.16 bits per heavy atom. The van der Waals surface area contributed by atoms with Crippen molar-refractivity contribution < 1.29 is 4.74 Å². The van der Waals surface area contributed by atoms with E-state index in [0.717, 1.165) is 22.7 Å². The highest BCUT2D eigenvalue weighted by molar-refractivity contribution is 9.10. The number of benzene rings is 1. The zero-order valence-electron chi connectivity index (χ0n) is 11.4. The minimum absolute atomic E-state index is 0.645. The molecule has 3 aliphatic heterocycles. The molecule has 1 aromatic rings. The number of hydrogen-bond donors (Lipinski definition) is 1. The SMILES string of the molecule is COc1ccc(Br)cc1CN[C@H]1CN2CCC1CC2. The van der Waals surface area contributed by atoms with Crippen LogP contribution in [0.25, 0.3) is 0 Å². The lowest BCUT2D eigenvalue weighted by Crippen LogP contribution is -2.55. The van der Waals surface area contributed by atoms with Crippen molar-refractivity contribution in [3.05, 3.63) is 28.2 Å². The Balaban J connectivity index is 1.64. The lowest BCUT2D eigenvalue weighted by Gasteiger charge is -2.45. The van der Waals surface area contributed by atoms with Gasteiger partial charge in [-0.1, -0.05) is 15.9 Å². The number of halogens is 1. The van der Waals surface area contributed by atoms with Crippen molar-refractivity contribution in [3.63, 3.8) is 0 Å². The minimum Gasteiger partial charge on any atom is -0.496 e. The van der Waals surface area contributed by atoms with Crippen LogP contribution in [0.15, 0.2) is 22.7 Å². The van der Waals surface area contributed by atoms with Gasteiger partial charge in [0.15, 0.2) is 0 Å². The van der Waals surface area contributed by atoms with E-state index in [0.29, 0.717) is 6.04 Å². The van der Waals surface area contributed by atoms with Gasteiger partial charge in [-0.3, -0.25) is 0 Å². The summed E-state index contributed by atoms with van der Waals surface area (Å²) in [4.78, 5) is 2.58. The molecule has 3 nitrogen and oxygen atoms in total. The van der Waals surface area contributed by atoms with Crippen LogP contribution in [0.2, 0.25) is 0 Å². The summed E-state index contributed by atoms with van der Waals surface area (Å²) in [6.07, 6.45) is 2.71. The van der Waals surface area contributed by atoms with Crippen LogP contribution >= 0.6 is 15.9 Å². The summed E-state index contributed by atoms with van der Waals surface area (Å²) < 4.78 is 6.54. The number of rotatable bonds is 4. The molecule has 4 rings (SSSR count). The first-order valence-electron chi connectivity index (χ1n) is 7.04. The molecule has 4 heteroatoms. The van der Waals surface area contributed by atoms with E-state index in [1.54, 1.807) is 7.11 Å². The second-order valence-electron chi connectivity index (χ2n) is 5.58. The molecule has 0 amide bonds. The average Bonchev–Trinajstić information content (AvgIpc) is 2.46. The fourth-order valence-corrected chi connectivity index (χ4v) is 3.73. The second-order valence-corrected chi connectivity index (χ2v) is 6.50. The Bertz CT molecular complexity index is 444. The molecule has 1 N–H and O–H groups in total. The van der Waals surface area contributed by atoms with Gasteiger partial charge in [0.05, 0.1) is 7.11 Å². The topological polar surface area (TPSA) is 24.5 Å². The summed E-state index contributed by atoms with van der Waals surface area (Å²) in [6, 6.07) is 6.84. The monoisotopic (exact) mass is 324 g/mol. The predicted molar refractivity (Wildman–Crippen MR) is 80.5 cm³/mol. The maximum absolute atomic E-state index is 5.43. The normalized spacial score (nSPS) is 29.5. The van der Waals surface area contributed by atoms with Gasteiger partial charge in [0.2, 0.25) is 0 Å². The van der Waals surface area contributed by atoms with Crippen LogP contribution in [0.3, 0.4) is 0 Å². The molecule has 19 heavy (non-hydrogen) atoms. The number of piperidine rings is 3. The molecule has 0 saturated carbocycles. The highest BCUT2D eigenvalue weighted by atomic mass is 79.9. The summed E-state index contributed by atoms with van der Waals surface area (Å²) in [5.41, 5.74) is 1.23. The molecular formula is C15H21BrN2O. The maximum Gasteiger partial charge on any atom is 0.123 e. The van der Waals surface area contributed by atoms with Crippen LogP contribution < -0.4 is 10.1 Å². The van der Waals surface area contributed by atoms with Crippen molar-refractivity contribution in [2.45, 2.75) is 25.4 Å². The van der Waals surface area contributed by atoms with Crippen molar-refractivity contribution in [2.24, 2.45) is 5.92 Å². The van der Waals surface area contributed by atoms with Gasteiger partial charge >= 0.3 is 0 Å². The molecule has 3 heterocycles. The molecule has 0 radical (unpaired) electrons. The molecule has 104 valence electrons. The fraction of sp³-hybridized carbons (Fsp3) is 0.600. The van der Waals surface area contributed by atoms with Crippen molar-refractivity contribution in [1.82, 2.24) is 10.2 Å². The van der Waals surface area contributed by atoms with Gasteiger partial charge in [0.25, 0.3) is 0 Å². The van der Waals surface area contributed by atoms with Crippen LogP contribution in [-0.2, 0) is 6.54 Å². The number of methoxy groups -OCH3 is 1. The first-order chi connectivity index (χ1) is 9.26. The Kier molecular flexibility index (Phi) is 4.10. The van der Waals surface area contributed by atoms with Gasteiger partial charge in [-0.2, -0.15) is 0 Å². The van der Waals surface area contributed by atoms with Crippen LogP contribution in [0, 0.1) is 5.92 Å². The van der Waals surface area contributed by atoms with E-state index in [2.05, 4.69) is 32.2 Å². The second kappa shape index (κ2) is 5.81. The molecule has 1 atom stereocenters. The highest BCUT2D eigenvalue weighted by Crippen LogP contribution is 2.28. The maximum atomic E-state index is 5.43. The van der Waals surface area contributed by atoms with Crippen molar-refractivity contribution in [1.29, 1.82) is 0 Å². The van der Waals surface area contributed by atoms with Crippen molar-refractivity contribution >= 4 is 15.9 Å². The van der Waals surface area contributed by atoms with E-state index in [1.165, 1.54) is 38.0 Å². The Morgan fingerprint density at radius 1 is 1.37 bits per heavy atom. The van der Waals surface area contributed by atoms with Crippen LogP contribution in [0.1, 0.15) is 18.4 Å². The van der Waals surface area contributed by atoms with Gasteiger partial charge in [0.1, 0.15) is 5.75 Å². The predicted octanol–water partition coefficient (Wildman–Crippen LogP) is 2.64. The highest BCUT2D eigenvalue weighted by Gasteiger charge is 2.33. The summed E-state index contributed by atoms with van der Waals surface area (Å²) >= 11 is 3.53. The third kappa shape index (κ3) is 2.96. The van der Waals surface area contributed by atoms with Crippen LogP contribution in [-0.4, -0.2) is 37.7 Å². The van der Waals surface area contributed by atoms with Crippen LogP contribution in [0.4, 0.5) is 0 Å². The molecule has 0 unspecified atom stereocenters. The first kappa shape index (κ1) is 13.4. The number of ether oxygens (including phenoxy) is 1. The van der Waals surface area contributed by atoms with Crippen LogP contribution in [0.5, 0.6) is 5.75 Å². The van der Waals surface area contributed by atoms with E-state index in [4.69, 9.17) is 4.74 Å². The van der Waals surface area contributed by atoms with E-state index in [9.17, 15) is 0 Å². The van der Waals surface area contributed by atoms with E-state index < -0.39 is 0 Å². The lowest BCUT2D eigenvalue weighted by molar-refractivity contribution is 0.0719. The van der Waals surface area contributed by atoms with E-state index >= 15 is 0 Å². The van der Waals surface area contributed by atoms with Gasteiger partial charge in [-0.25, -0.2) is 0 Å². The van der Waals surface area contributed by atoms with Gasteiger partial charge in [-0.15, -0.1) is 0 Å². The first-order valence-corrected chi connectivity index (χ1v) is 7.83. The third-order valence-electron chi connectivity index (χ3n) is 4.45. The summed E-state index contributed by atoms with van der Waals surface area (Å²) in [5.74, 6) is 1.83. The summed E-state index contributed by atoms with van der Waals surface area (Å²) in [7, 11) is 1.74. The molecule has 2 bridgehead atoms. The zero-order valence-corrected chi connectivity index (χ0v) is 12.9. The van der Waals surface area contributed by atoms with E-state index in [1.807, 2.05) is 12.1 Å². The fourth-order valence-electron chi connectivity index (χ4n) is 3.32. The number of fused-ring (bicyclic) bond motifs is 3. The Morgan fingerprint density at radius 3 is 2.79 bits per heavy atom. The molecule has 0 spiro atoms. The van der Waals surface area contributed by atoms with Gasteiger partial charge in [-0.05, 0) is 50.0 Å². The largest absolute Gasteiger partial charge is 0.496 e. The standard InChI is InChI=1S/C15H21BrN2O/c1-19-15-3-2-13(16)8-12(15)9-17-14-10-18-6-4-11(14)5-7-18/h2-3,8,11,14,17H,4-7,9-10H2,1H3/t14-/m0/s1.